The second-order valence-electron chi connectivity index (χ2n) is 6.43. The molecule has 10 heteroatoms. The minimum atomic E-state index is -3.91. The highest BCUT2D eigenvalue weighted by atomic mass is 32.2. The molecule has 0 fully saturated rings. The zero-order valence-corrected chi connectivity index (χ0v) is 17.2. The van der Waals surface area contributed by atoms with Crippen molar-refractivity contribution in [1.82, 2.24) is 9.13 Å². The van der Waals surface area contributed by atoms with E-state index in [1.54, 1.807) is 32.3 Å². The molecule has 0 unspecified atom stereocenters. The normalized spacial score (nSPS) is 11.4. The Kier molecular flexibility index (Phi) is 5.38. The predicted molar refractivity (Wildman–Crippen MR) is 108 cm³/mol. The second-order valence-corrected chi connectivity index (χ2v) is 8.42. The van der Waals surface area contributed by atoms with Gasteiger partial charge in [-0.25, -0.2) is 13.2 Å². The molecule has 0 bridgehead atoms. The molecule has 29 heavy (non-hydrogen) atoms. The molecule has 0 saturated carbocycles. The third-order valence-electron chi connectivity index (χ3n) is 4.59. The van der Waals surface area contributed by atoms with Crippen molar-refractivity contribution in [3.8, 4) is 11.5 Å². The number of benzene rings is 2. The molecule has 0 saturated heterocycles. The lowest BCUT2D eigenvalue weighted by atomic mass is 10.2. The first-order chi connectivity index (χ1) is 13.7. The van der Waals surface area contributed by atoms with Crippen LogP contribution in [0.3, 0.4) is 0 Å². The molecule has 154 valence electrons. The molecule has 3 aromatic rings. The van der Waals surface area contributed by atoms with Crippen molar-refractivity contribution in [2.75, 3.05) is 25.3 Å². The van der Waals surface area contributed by atoms with Gasteiger partial charge >= 0.3 is 5.69 Å². The van der Waals surface area contributed by atoms with Gasteiger partial charge in [0.05, 0.1) is 30.1 Å². The van der Waals surface area contributed by atoms with Crippen LogP contribution >= 0.6 is 0 Å². The van der Waals surface area contributed by atoms with Crippen LogP contribution in [-0.2, 0) is 28.7 Å². The van der Waals surface area contributed by atoms with Crippen molar-refractivity contribution in [2.45, 2.75) is 4.90 Å². The maximum Gasteiger partial charge on any atom is 0.328 e. The highest BCUT2D eigenvalue weighted by molar-refractivity contribution is 7.92. The number of carbonyl (C=O) groups is 1. The van der Waals surface area contributed by atoms with Crippen LogP contribution in [0.4, 0.5) is 5.69 Å². The molecule has 1 N–H and O–H groups in total. The molecular weight excluding hydrogens is 398 g/mol. The summed E-state index contributed by atoms with van der Waals surface area (Å²) in [5.74, 6) is -0.545. The number of sulfone groups is 1. The molecule has 0 aliphatic heterocycles. The number of hydrogen-bond donors (Lipinski definition) is 1. The zero-order chi connectivity index (χ0) is 21.3. The van der Waals surface area contributed by atoms with Gasteiger partial charge in [-0.1, -0.05) is 0 Å². The standard InChI is InChI=1S/C19H21N3O6S/c1-21-14-7-6-13(10-15(14)22(2)19(21)24)29(25,26)11-18(23)20-12-5-8-16(27-3)17(9-12)28-4/h5-10H,11H2,1-4H3,(H,20,23). The quantitative estimate of drug-likeness (QED) is 0.645. The van der Waals surface area contributed by atoms with Crippen molar-refractivity contribution in [2.24, 2.45) is 14.1 Å². The van der Waals surface area contributed by atoms with Crippen LogP contribution in [-0.4, -0.2) is 43.4 Å². The van der Waals surface area contributed by atoms with Gasteiger partial charge in [-0.05, 0) is 30.3 Å². The number of nitrogens with zero attached hydrogens (tertiary/aromatic N) is 2. The summed E-state index contributed by atoms with van der Waals surface area (Å²) in [6.45, 7) is 0. The third kappa shape index (κ3) is 3.83. The lowest BCUT2D eigenvalue weighted by molar-refractivity contribution is -0.113. The summed E-state index contributed by atoms with van der Waals surface area (Å²) in [4.78, 5) is 24.3. The maximum atomic E-state index is 12.7. The minimum Gasteiger partial charge on any atom is -0.493 e. The molecule has 1 amide bonds. The Hall–Kier alpha value is -3.27. The molecule has 2 aromatic carbocycles. The molecule has 1 heterocycles. The molecule has 3 rings (SSSR count). The van der Waals surface area contributed by atoms with Crippen LogP contribution in [0.25, 0.3) is 11.0 Å². The van der Waals surface area contributed by atoms with Crippen molar-refractivity contribution >= 4 is 32.5 Å². The lowest BCUT2D eigenvalue weighted by Crippen LogP contribution is -2.23. The number of carbonyl (C=O) groups excluding carboxylic acids is 1. The van der Waals surface area contributed by atoms with E-state index in [2.05, 4.69) is 5.32 Å². The monoisotopic (exact) mass is 419 g/mol. The van der Waals surface area contributed by atoms with Crippen molar-refractivity contribution in [1.29, 1.82) is 0 Å². The third-order valence-corrected chi connectivity index (χ3v) is 6.21. The summed E-state index contributed by atoms with van der Waals surface area (Å²) in [6.07, 6.45) is 0. The van der Waals surface area contributed by atoms with Gasteiger partial charge in [0.1, 0.15) is 5.75 Å². The Morgan fingerprint density at radius 3 is 2.28 bits per heavy atom. The summed E-state index contributed by atoms with van der Waals surface area (Å²) in [6, 6.07) is 9.06. The van der Waals surface area contributed by atoms with E-state index in [4.69, 9.17) is 9.47 Å². The minimum absolute atomic E-state index is 0.0336. The van der Waals surface area contributed by atoms with Crippen LogP contribution in [0.2, 0.25) is 0 Å². The topological polar surface area (TPSA) is 109 Å². The molecular formula is C19H21N3O6S. The molecule has 0 spiro atoms. The predicted octanol–water partition coefficient (Wildman–Crippen LogP) is 1.31. The number of methoxy groups -OCH3 is 2. The van der Waals surface area contributed by atoms with Gasteiger partial charge in [0.25, 0.3) is 0 Å². The van der Waals surface area contributed by atoms with E-state index in [9.17, 15) is 18.0 Å². The average molecular weight is 419 g/mol. The van der Waals surface area contributed by atoms with Crippen LogP contribution in [0, 0.1) is 0 Å². The number of hydrogen-bond acceptors (Lipinski definition) is 6. The summed E-state index contributed by atoms with van der Waals surface area (Å²) in [5.41, 5.74) is 1.19. The number of imidazole rings is 1. The average Bonchev–Trinajstić information content (AvgIpc) is 2.91. The number of aryl methyl sites for hydroxylation is 2. The molecule has 9 nitrogen and oxygen atoms in total. The summed E-state index contributed by atoms with van der Waals surface area (Å²) < 4.78 is 38.5. The van der Waals surface area contributed by atoms with E-state index in [0.717, 1.165) is 0 Å². The first kappa shape index (κ1) is 20.5. The highest BCUT2D eigenvalue weighted by Gasteiger charge is 2.21. The fourth-order valence-corrected chi connectivity index (χ4v) is 4.20. The maximum absolute atomic E-state index is 12.7. The van der Waals surface area contributed by atoms with Crippen LogP contribution in [0.5, 0.6) is 11.5 Å². The summed E-state index contributed by atoms with van der Waals surface area (Å²) in [5, 5.41) is 2.54. The van der Waals surface area contributed by atoms with Crippen molar-refractivity contribution in [3.05, 3.63) is 46.9 Å². The number of anilines is 1. The Morgan fingerprint density at radius 1 is 0.966 bits per heavy atom. The Bertz CT molecular complexity index is 1260. The second kappa shape index (κ2) is 7.63. The number of fused-ring (bicyclic) bond motifs is 1. The Labute approximate surface area is 167 Å². The lowest BCUT2D eigenvalue weighted by Gasteiger charge is -2.11. The Morgan fingerprint density at radius 2 is 1.62 bits per heavy atom. The van der Waals surface area contributed by atoms with E-state index in [1.807, 2.05) is 0 Å². The van der Waals surface area contributed by atoms with Gasteiger partial charge in [-0.3, -0.25) is 13.9 Å². The summed E-state index contributed by atoms with van der Waals surface area (Å²) >= 11 is 0. The summed E-state index contributed by atoms with van der Waals surface area (Å²) in [7, 11) is 2.20. The fraction of sp³-hybridized carbons (Fsp3) is 0.263. The van der Waals surface area contributed by atoms with Gasteiger partial charge in [0, 0.05) is 25.8 Å². The van der Waals surface area contributed by atoms with Gasteiger partial charge in [-0.15, -0.1) is 0 Å². The van der Waals surface area contributed by atoms with E-state index in [0.29, 0.717) is 28.2 Å². The van der Waals surface area contributed by atoms with Crippen LogP contribution in [0.1, 0.15) is 0 Å². The SMILES string of the molecule is COc1ccc(NC(=O)CS(=O)(=O)c2ccc3c(c2)n(C)c(=O)n3C)cc1OC. The molecule has 0 atom stereocenters. The van der Waals surface area contributed by atoms with E-state index in [1.165, 1.54) is 41.6 Å². The first-order valence-corrected chi connectivity index (χ1v) is 10.2. The van der Waals surface area contributed by atoms with Crippen LogP contribution in [0.15, 0.2) is 46.1 Å². The van der Waals surface area contributed by atoms with Crippen molar-refractivity contribution in [3.63, 3.8) is 0 Å². The van der Waals surface area contributed by atoms with E-state index >= 15 is 0 Å². The largest absolute Gasteiger partial charge is 0.493 e. The molecule has 0 radical (unpaired) electrons. The van der Waals surface area contributed by atoms with E-state index < -0.39 is 21.5 Å². The first-order valence-electron chi connectivity index (χ1n) is 8.58. The van der Waals surface area contributed by atoms with Crippen LogP contribution < -0.4 is 20.5 Å². The Balaban J connectivity index is 1.84. The zero-order valence-electron chi connectivity index (χ0n) is 16.4. The van der Waals surface area contributed by atoms with Crippen molar-refractivity contribution < 1.29 is 22.7 Å². The number of aromatic nitrogens is 2. The number of ether oxygens (including phenoxy) is 2. The highest BCUT2D eigenvalue weighted by Crippen LogP contribution is 2.29. The van der Waals surface area contributed by atoms with Gasteiger partial charge in [0.15, 0.2) is 21.3 Å². The van der Waals surface area contributed by atoms with Gasteiger partial charge in [0.2, 0.25) is 5.91 Å². The van der Waals surface area contributed by atoms with E-state index in [-0.39, 0.29) is 10.6 Å². The van der Waals surface area contributed by atoms with Gasteiger partial charge < -0.3 is 14.8 Å². The molecule has 0 aliphatic carbocycles. The number of nitrogens with one attached hydrogen (secondary N) is 1. The number of rotatable bonds is 6. The molecule has 1 aromatic heterocycles. The number of amides is 1. The van der Waals surface area contributed by atoms with Gasteiger partial charge in [-0.2, -0.15) is 0 Å². The molecule has 0 aliphatic rings. The smallest absolute Gasteiger partial charge is 0.328 e. The fourth-order valence-electron chi connectivity index (χ4n) is 3.05.